The van der Waals surface area contributed by atoms with Crippen LogP contribution in [-0.4, -0.2) is 29.9 Å². The monoisotopic (exact) mass is 217 g/mol. The minimum atomic E-state index is 0.426. The van der Waals surface area contributed by atoms with Gasteiger partial charge in [-0.2, -0.15) is 0 Å². The van der Waals surface area contributed by atoms with Gasteiger partial charge in [-0.3, -0.25) is 0 Å². The lowest BCUT2D eigenvalue weighted by atomic mass is 9.92. The number of hydrogen-bond acceptors (Lipinski definition) is 1. The molecular weight excluding hydrogens is 194 g/mol. The molecule has 1 aliphatic rings. The Labute approximate surface area is 93.8 Å². The SMILES string of the molecule is CC(C)(C)CCN1CCCC(Cl)CC1. The maximum absolute atomic E-state index is 6.15. The number of nitrogens with zero attached hydrogens (tertiary/aromatic N) is 1. The van der Waals surface area contributed by atoms with E-state index in [4.69, 9.17) is 11.6 Å². The molecule has 1 aliphatic heterocycles. The zero-order valence-corrected chi connectivity index (χ0v) is 10.6. The van der Waals surface area contributed by atoms with Crippen molar-refractivity contribution in [3.8, 4) is 0 Å². The number of hydrogen-bond donors (Lipinski definition) is 0. The minimum Gasteiger partial charge on any atom is -0.303 e. The first-order chi connectivity index (χ1) is 6.47. The first-order valence-corrected chi connectivity index (χ1v) is 6.27. The van der Waals surface area contributed by atoms with Crippen LogP contribution in [0.2, 0.25) is 0 Å². The summed E-state index contributed by atoms with van der Waals surface area (Å²) in [4.78, 5) is 2.58. The van der Waals surface area contributed by atoms with Gasteiger partial charge in [0.1, 0.15) is 0 Å². The Kier molecular flexibility index (Phi) is 4.72. The summed E-state index contributed by atoms with van der Waals surface area (Å²) in [6.07, 6.45) is 4.94. The van der Waals surface area contributed by atoms with Gasteiger partial charge >= 0.3 is 0 Å². The fourth-order valence-electron chi connectivity index (χ4n) is 1.83. The van der Waals surface area contributed by atoms with Crippen molar-refractivity contribution in [2.45, 2.75) is 51.8 Å². The van der Waals surface area contributed by atoms with Crippen LogP contribution in [-0.2, 0) is 0 Å². The lowest BCUT2D eigenvalue weighted by Gasteiger charge is -2.25. The molecule has 0 radical (unpaired) electrons. The molecule has 0 aromatic heterocycles. The average Bonchev–Trinajstić information content (AvgIpc) is 2.25. The molecule has 1 fully saturated rings. The third-order valence-electron chi connectivity index (χ3n) is 2.93. The van der Waals surface area contributed by atoms with Crippen molar-refractivity contribution in [3.05, 3.63) is 0 Å². The van der Waals surface area contributed by atoms with Crippen LogP contribution in [0, 0.1) is 5.41 Å². The van der Waals surface area contributed by atoms with Crippen molar-refractivity contribution in [2.24, 2.45) is 5.41 Å². The number of rotatable bonds is 2. The van der Waals surface area contributed by atoms with Gasteiger partial charge in [-0.25, -0.2) is 0 Å². The van der Waals surface area contributed by atoms with E-state index in [1.807, 2.05) is 0 Å². The molecule has 0 spiro atoms. The van der Waals surface area contributed by atoms with E-state index >= 15 is 0 Å². The topological polar surface area (TPSA) is 3.24 Å². The van der Waals surface area contributed by atoms with Gasteiger partial charge in [0.25, 0.3) is 0 Å². The second-order valence-electron chi connectivity index (χ2n) is 5.68. The van der Waals surface area contributed by atoms with Crippen LogP contribution in [0.1, 0.15) is 46.5 Å². The quantitative estimate of drug-likeness (QED) is 0.640. The summed E-state index contributed by atoms with van der Waals surface area (Å²) in [6, 6.07) is 0. The molecule has 0 aromatic rings. The fraction of sp³-hybridized carbons (Fsp3) is 1.00. The normalized spacial score (nSPS) is 26.1. The van der Waals surface area contributed by atoms with E-state index in [0.29, 0.717) is 10.8 Å². The molecule has 0 aromatic carbocycles. The first kappa shape index (κ1) is 12.3. The Bertz CT molecular complexity index is 162. The molecule has 0 N–H and O–H groups in total. The Morgan fingerprint density at radius 3 is 2.57 bits per heavy atom. The molecular formula is C12H24ClN. The summed E-state index contributed by atoms with van der Waals surface area (Å²) in [5.74, 6) is 0. The molecule has 1 saturated heterocycles. The molecule has 1 unspecified atom stereocenters. The van der Waals surface area contributed by atoms with Gasteiger partial charge in [0, 0.05) is 5.38 Å². The van der Waals surface area contributed by atoms with Crippen LogP contribution in [0.5, 0.6) is 0 Å². The maximum Gasteiger partial charge on any atom is 0.0348 e. The van der Waals surface area contributed by atoms with Crippen molar-refractivity contribution < 1.29 is 0 Å². The average molecular weight is 218 g/mol. The summed E-state index contributed by atoms with van der Waals surface area (Å²) >= 11 is 6.15. The standard InChI is InChI=1S/C12H24ClN/c1-12(2,3)7-10-14-8-4-5-11(13)6-9-14/h11H,4-10H2,1-3H3. The van der Waals surface area contributed by atoms with Gasteiger partial charge in [0.2, 0.25) is 0 Å². The highest BCUT2D eigenvalue weighted by atomic mass is 35.5. The first-order valence-electron chi connectivity index (χ1n) is 5.84. The van der Waals surface area contributed by atoms with E-state index in [0.717, 1.165) is 0 Å². The zero-order chi connectivity index (χ0) is 10.6. The molecule has 84 valence electrons. The molecule has 1 nitrogen and oxygen atoms in total. The third kappa shape index (κ3) is 5.21. The Morgan fingerprint density at radius 1 is 1.21 bits per heavy atom. The van der Waals surface area contributed by atoms with Crippen molar-refractivity contribution in [1.82, 2.24) is 4.90 Å². The third-order valence-corrected chi connectivity index (χ3v) is 3.36. The molecule has 0 bridgehead atoms. The molecule has 1 heterocycles. The molecule has 1 atom stereocenters. The smallest absolute Gasteiger partial charge is 0.0348 e. The Morgan fingerprint density at radius 2 is 1.93 bits per heavy atom. The van der Waals surface area contributed by atoms with E-state index in [1.54, 1.807) is 0 Å². The van der Waals surface area contributed by atoms with Crippen molar-refractivity contribution in [1.29, 1.82) is 0 Å². The van der Waals surface area contributed by atoms with Crippen LogP contribution in [0.25, 0.3) is 0 Å². The maximum atomic E-state index is 6.15. The Balaban J connectivity index is 2.24. The van der Waals surface area contributed by atoms with Gasteiger partial charge in [-0.1, -0.05) is 20.8 Å². The van der Waals surface area contributed by atoms with Crippen LogP contribution in [0.15, 0.2) is 0 Å². The van der Waals surface area contributed by atoms with Crippen LogP contribution in [0.4, 0.5) is 0 Å². The number of likely N-dealkylation sites (tertiary alicyclic amines) is 1. The minimum absolute atomic E-state index is 0.426. The van der Waals surface area contributed by atoms with Gasteiger partial charge in [0.05, 0.1) is 0 Å². The van der Waals surface area contributed by atoms with Crippen LogP contribution in [0.3, 0.4) is 0 Å². The van der Waals surface area contributed by atoms with Crippen molar-refractivity contribution >= 4 is 11.6 Å². The summed E-state index contributed by atoms with van der Waals surface area (Å²) in [7, 11) is 0. The highest BCUT2D eigenvalue weighted by molar-refractivity contribution is 6.20. The Hall–Kier alpha value is 0.250. The molecule has 1 rings (SSSR count). The number of alkyl halides is 1. The summed E-state index contributed by atoms with van der Waals surface area (Å²) in [6.45, 7) is 10.6. The van der Waals surface area contributed by atoms with Gasteiger partial charge < -0.3 is 4.90 Å². The highest BCUT2D eigenvalue weighted by Crippen LogP contribution is 2.21. The lowest BCUT2D eigenvalue weighted by molar-refractivity contribution is 0.234. The van der Waals surface area contributed by atoms with E-state index in [2.05, 4.69) is 25.7 Å². The highest BCUT2D eigenvalue weighted by Gasteiger charge is 2.17. The summed E-state index contributed by atoms with van der Waals surface area (Å²) < 4.78 is 0. The van der Waals surface area contributed by atoms with Gasteiger partial charge in [-0.15, -0.1) is 11.6 Å². The van der Waals surface area contributed by atoms with E-state index in [9.17, 15) is 0 Å². The predicted molar refractivity (Wildman–Crippen MR) is 64.0 cm³/mol. The molecule has 2 heteroatoms. The van der Waals surface area contributed by atoms with E-state index in [-0.39, 0.29) is 0 Å². The predicted octanol–water partition coefficient (Wildman–Crippen LogP) is 3.52. The molecule has 0 amide bonds. The molecule has 0 saturated carbocycles. The fourth-order valence-corrected chi connectivity index (χ4v) is 2.08. The van der Waals surface area contributed by atoms with E-state index in [1.165, 1.54) is 45.3 Å². The second-order valence-corrected chi connectivity index (χ2v) is 6.30. The van der Waals surface area contributed by atoms with Gasteiger partial charge in [0.15, 0.2) is 0 Å². The van der Waals surface area contributed by atoms with Crippen LogP contribution >= 0.6 is 11.6 Å². The molecule has 14 heavy (non-hydrogen) atoms. The van der Waals surface area contributed by atoms with E-state index < -0.39 is 0 Å². The summed E-state index contributed by atoms with van der Waals surface area (Å²) in [5, 5.41) is 0.426. The lowest BCUT2D eigenvalue weighted by Crippen LogP contribution is -2.28. The van der Waals surface area contributed by atoms with Crippen molar-refractivity contribution in [3.63, 3.8) is 0 Å². The number of halogens is 1. The molecule has 0 aliphatic carbocycles. The second kappa shape index (κ2) is 5.37. The van der Waals surface area contributed by atoms with Crippen molar-refractivity contribution in [2.75, 3.05) is 19.6 Å². The largest absolute Gasteiger partial charge is 0.303 e. The van der Waals surface area contributed by atoms with Gasteiger partial charge in [-0.05, 0) is 50.7 Å². The summed E-state index contributed by atoms with van der Waals surface area (Å²) in [5.41, 5.74) is 0.465. The van der Waals surface area contributed by atoms with Crippen LogP contribution < -0.4 is 0 Å². The zero-order valence-electron chi connectivity index (χ0n) is 9.85.